The fourth-order valence-corrected chi connectivity index (χ4v) is 5.32. The minimum atomic E-state index is -1.57. The summed E-state index contributed by atoms with van der Waals surface area (Å²) in [6, 6.07) is 8.44. The first-order valence-corrected chi connectivity index (χ1v) is 14.1. The third kappa shape index (κ3) is 7.00. The lowest BCUT2D eigenvalue weighted by Crippen LogP contribution is -2.67. The Bertz CT molecular complexity index is 1440. The topological polar surface area (TPSA) is 189 Å². The number of ether oxygens (including phenoxy) is 4. The summed E-state index contributed by atoms with van der Waals surface area (Å²) >= 11 is 0. The number of hydrogen-bond donors (Lipinski definition) is 6. The van der Waals surface area contributed by atoms with Crippen molar-refractivity contribution < 1.29 is 62.9 Å². The Morgan fingerprint density at radius 2 is 1.67 bits per heavy atom. The summed E-state index contributed by atoms with van der Waals surface area (Å²) in [5.74, 6) is -2.34. The zero-order valence-corrected chi connectivity index (χ0v) is 24.2. The average molecular weight is 637 g/mol. The Morgan fingerprint density at radius 1 is 0.956 bits per heavy atom. The summed E-state index contributed by atoms with van der Waals surface area (Å²) in [7, 11) is 0. The van der Waals surface area contributed by atoms with Gasteiger partial charge in [0.15, 0.2) is 11.6 Å². The quantitative estimate of drug-likeness (QED) is 0.125. The Kier molecular flexibility index (Phi) is 10.1. The smallest absolute Gasteiger partial charge is 0.247 e. The number of aliphatic hydroxyl groups is 5. The van der Waals surface area contributed by atoms with E-state index in [-0.39, 0.29) is 41.6 Å². The third-order valence-electron chi connectivity index (χ3n) is 7.86. The molecule has 2 heterocycles. The molecular weight excluding hydrogens is 602 g/mol. The molecule has 0 unspecified atom stereocenters. The van der Waals surface area contributed by atoms with Crippen molar-refractivity contribution in [2.45, 2.75) is 81.6 Å². The first-order chi connectivity index (χ1) is 21.5. The van der Waals surface area contributed by atoms with Gasteiger partial charge in [0, 0.05) is 11.1 Å². The first kappa shape index (κ1) is 32.8. The van der Waals surface area contributed by atoms with Gasteiger partial charge in [0.05, 0.1) is 11.8 Å². The van der Waals surface area contributed by atoms with E-state index in [2.05, 4.69) is 10.5 Å². The van der Waals surface area contributed by atoms with Crippen LogP contribution in [0.5, 0.6) is 5.75 Å². The Balaban J connectivity index is 1.18. The number of fused-ring (bicyclic) bond motifs is 1. The van der Waals surface area contributed by atoms with Crippen LogP contribution in [0.15, 0.2) is 53.2 Å². The number of aliphatic hydroxyl groups excluding tert-OH is 5. The van der Waals surface area contributed by atoms with E-state index in [0.29, 0.717) is 0 Å². The number of carbonyl (C=O) groups excluding carboxylic acids is 1. The lowest BCUT2D eigenvalue weighted by Gasteiger charge is -2.41. The van der Waals surface area contributed by atoms with Crippen molar-refractivity contribution in [2.24, 2.45) is 5.16 Å². The van der Waals surface area contributed by atoms with Gasteiger partial charge in [0.2, 0.25) is 12.2 Å². The zero-order valence-electron chi connectivity index (χ0n) is 24.2. The minimum absolute atomic E-state index is 0.0927. The second-order valence-electron chi connectivity index (χ2n) is 11.0. The number of rotatable bonds is 9. The second-order valence-corrected chi connectivity index (χ2v) is 11.0. The molecule has 0 aromatic heterocycles. The van der Waals surface area contributed by atoms with Crippen LogP contribution in [-0.2, 0) is 30.4 Å². The van der Waals surface area contributed by atoms with E-state index in [9.17, 15) is 39.1 Å². The molecule has 3 fully saturated rings. The molecule has 5 rings (SSSR count). The van der Waals surface area contributed by atoms with Crippen LogP contribution in [0.25, 0.3) is 6.08 Å². The van der Waals surface area contributed by atoms with Gasteiger partial charge in [0.25, 0.3) is 0 Å². The van der Waals surface area contributed by atoms with Crippen molar-refractivity contribution in [2.75, 3.05) is 6.79 Å². The third-order valence-corrected chi connectivity index (χ3v) is 7.86. The maximum atomic E-state index is 15.0. The molecule has 3 aliphatic rings. The van der Waals surface area contributed by atoms with E-state index in [1.54, 1.807) is 6.07 Å². The van der Waals surface area contributed by atoms with E-state index in [1.807, 2.05) is 0 Å². The van der Waals surface area contributed by atoms with E-state index >= 15 is 0 Å². The van der Waals surface area contributed by atoms with Gasteiger partial charge >= 0.3 is 0 Å². The van der Waals surface area contributed by atoms with Crippen LogP contribution in [-0.4, -0.2) is 105 Å². The van der Waals surface area contributed by atoms with Gasteiger partial charge in [-0.2, -0.15) is 0 Å². The molecule has 1 saturated carbocycles. The standard InChI is InChI=1S/C30H34F2N2O11/c1-13(29(40)33-20-21(35)23(37)28-27(22(20)36)41-12-42-28)9-15-7-8-19(18(32)10-15)44-30-25(39)24(38)26(45-30)14(2)34-43-11-16-5-3-4-6-17(16)31/h3-10,20-28,30,35-39H,11-12H2,1-2H3,(H,33,40)/t20-,21+,22-,23-,24+,25+,26-,27+,28-,30-/m1/s1. The number of hydrogen-bond acceptors (Lipinski definition) is 12. The molecule has 1 amide bonds. The van der Waals surface area contributed by atoms with Crippen LogP contribution in [0.2, 0.25) is 0 Å². The van der Waals surface area contributed by atoms with E-state index < -0.39 is 78.7 Å². The monoisotopic (exact) mass is 636 g/mol. The molecule has 45 heavy (non-hydrogen) atoms. The fraction of sp³-hybridized carbons (Fsp3) is 0.467. The predicted molar refractivity (Wildman–Crippen MR) is 150 cm³/mol. The van der Waals surface area contributed by atoms with Crippen molar-refractivity contribution in [3.63, 3.8) is 0 Å². The van der Waals surface area contributed by atoms with Crippen molar-refractivity contribution in [1.82, 2.24) is 5.32 Å². The summed E-state index contributed by atoms with van der Waals surface area (Å²) in [5, 5.41) is 58.5. The van der Waals surface area contributed by atoms with Crippen molar-refractivity contribution >= 4 is 17.7 Å². The molecule has 2 aromatic carbocycles. The van der Waals surface area contributed by atoms with Gasteiger partial charge < -0.3 is 54.6 Å². The van der Waals surface area contributed by atoms with Gasteiger partial charge in [-0.1, -0.05) is 29.4 Å². The molecule has 10 atom stereocenters. The lowest BCUT2D eigenvalue weighted by atomic mass is 9.83. The summed E-state index contributed by atoms with van der Waals surface area (Å²) in [5.41, 5.74) is 0.744. The maximum Gasteiger partial charge on any atom is 0.247 e. The predicted octanol–water partition coefficient (Wildman–Crippen LogP) is 0.109. The van der Waals surface area contributed by atoms with Gasteiger partial charge in [-0.05, 0) is 43.7 Å². The molecule has 1 aliphatic carbocycles. The lowest BCUT2D eigenvalue weighted by molar-refractivity contribution is -0.155. The van der Waals surface area contributed by atoms with Crippen LogP contribution in [0.1, 0.15) is 25.0 Å². The normalized spacial score (nSPS) is 33.5. The molecule has 2 saturated heterocycles. The molecule has 2 aromatic rings. The van der Waals surface area contributed by atoms with E-state index in [0.717, 1.165) is 6.07 Å². The van der Waals surface area contributed by atoms with Gasteiger partial charge in [0.1, 0.15) is 68.0 Å². The Hall–Kier alpha value is -3.54. The van der Waals surface area contributed by atoms with Crippen molar-refractivity contribution in [3.8, 4) is 5.75 Å². The highest BCUT2D eigenvalue weighted by atomic mass is 19.1. The number of nitrogens with zero attached hydrogens (tertiary/aromatic N) is 1. The molecule has 244 valence electrons. The number of halogens is 2. The largest absolute Gasteiger partial charge is 0.459 e. The molecule has 0 radical (unpaired) electrons. The summed E-state index contributed by atoms with van der Waals surface area (Å²) in [6.45, 7) is 2.55. The van der Waals surface area contributed by atoms with E-state index in [4.69, 9.17) is 23.8 Å². The maximum absolute atomic E-state index is 15.0. The van der Waals surface area contributed by atoms with Gasteiger partial charge in [-0.15, -0.1) is 0 Å². The zero-order chi connectivity index (χ0) is 32.4. The molecule has 0 bridgehead atoms. The first-order valence-electron chi connectivity index (χ1n) is 14.1. The summed E-state index contributed by atoms with van der Waals surface area (Å²) < 4.78 is 50.3. The van der Waals surface area contributed by atoms with E-state index in [1.165, 1.54) is 50.3 Å². The second kappa shape index (κ2) is 13.8. The molecule has 2 aliphatic heterocycles. The molecule has 13 nitrogen and oxygen atoms in total. The highest BCUT2D eigenvalue weighted by Gasteiger charge is 2.53. The van der Waals surface area contributed by atoms with Crippen LogP contribution in [0.3, 0.4) is 0 Å². The van der Waals surface area contributed by atoms with Crippen LogP contribution >= 0.6 is 0 Å². The minimum Gasteiger partial charge on any atom is -0.459 e. The summed E-state index contributed by atoms with van der Waals surface area (Å²) in [6.07, 6.45) is -10.5. The van der Waals surface area contributed by atoms with Crippen LogP contribution in [0, 0.1) is 11.6 Å². The van der Waals surface area contributed by atoms with Crippen molar-refractivity contribution in [1.29, 1.82) is 0 Å². The molecule has 0 spiro atoms. The SMILES string of the molecule is CC(=Cc1ccc(O[C@@H]2O[C@H](C(C)=NOCc3ccccc3F)[C@@H](O)[C@@H]2O)c(F)c1)C(=O)N[C@@H]1[C@H](O)[C@@H](O)[C@H]2OCO[C@H]2[C@@H]1O. The summed E-state index contributed by atoms with van der Waals surface area (Å²) in [4.78, 5) is 18.0. The van der Waals surface area contributed by atoms with Crippen LogP contribution < -0.4 is 10.1 Å². The number of carbonyl (C=O) groups is 1. The molecule has 15 heteroatoms. The Labute approximate surface area is 256 Å². The van der Waals surface area contributed by atoms with Crippen LogP contribution in [0.4, 0.5) is 8.78 Å². The number of amides is 1. The highest BCUT2D eigenvalue weighted by Crippen LogP contribution is 2.31. The van der Waals surface area contributed by atoms with Crippen molar-refractivity contribution in [3.05, 3.63) is 70.8 Å². The average Bonchev–Trinajstić information content (AvgIpc) is 3.62. The number of oxime groups is 1. The highest BCUT2D eigenvalue weighted by molar-refractivity contribution is 5.97. The fourth-order valence-electron chi connectivity index (χ4n) is 5.32. The molecule has 6 N–H and O–H groups in total. The number of nitrogens with one attached hydrogen (secondary N) is 1. The van der Waals surface area contributed by atoms with Gasteiger partial charge in [-0.25, -0.2) is 8.78 Å². The molecular formula is C30H34F2N2O11. The number of benzene rings is 2. The van der Waals surface area contributed by atoms with Gasteiger partial charge in [-0.3, -0.25) is 4.79 Å². The Morgan fingerprint density at radius 3 is 2.38 bits per heavy atom.